The van der Waals surface area contributed by atoms with Crippen LogP contribution in [0.25, 0.3) is 0 Å². The van der Waals surface area contributed by atoms with E-state index in [-0.39, 0.29) is 0 Å². The summed E-state index contributed by atoms with van der Waals surface area (Å²) in [5, 5.41) is 0. The number of rotatable bonds is 4. The highest BCUT2D eigenvalue weighted by Gasteiger charge is 2.05. The van der Waals surface area contributed by atoms with Crippen LogP contribution >= 0.6 is 0 Å². The van der Waals surface area contributed by atoms with Gasteiger partial charge in [-0.1, -0.05) is 24.3 Å². The van der Waals surface area contributed by atoms with Crippen LogP contribution in [-0.4, -0.2) is 13.6 Å². The number of para-hydroxylation sites is 1. The molecule has 0 aliphatic heterocycles. The molecule has 94 valence electrons. The minimum Gasteiger partial charge on any atom is -0.345 e. The highest BCUT2D eigenvalue weighted by atomic mass is 15.1. The van der Waals surface area contributed by atoms with Crippen molar-refractivity contribution in [2.24, 2.45) is 5.73 Å². The van der Waals surface area contributed by atoms with Gasteiger partial charge in [0.25, 0.3) is 0 Å². The summed E-state index contributed by atoms with van der Waals surface area (Å²) in [6.07, 6.45) is 0.946. The third-order valence-corrected chi connectivity index (χ3v) is 3.27. The summed E-state index contributed by atoms with van der Waals surface area (Å²) < 4.78 is 0. The Balaban J connectivity index is 2.26. The second-order valence-electron chi connectivity index (χ2n) is 4.54. The molecular weight excluding hydrogens is 220 g/mol. The highest BCUT2D eigenvalue weighted by molar-refractivity contribution is 5.63. The predicted molar refractivity (Wildman–Crippen MR) is 78.4 cm³/mol. The van der Waals surface area contributed by atoms with Crippen molar-refractivity contribution in [3.05, 3.63) is 59.7 Å². The van der Waals surface area contributed by atoms with Gasteiger partial charge in [-0.05, 0) is 55.3 Å². The predicted octanol–water partition coefficient (Wildman–Crippen LogP) is 3.26. The molecule has 0 amide bonds. The monoisotopic (exact) mass is 240 g/mol. The number of nitrogens with zero attached hydrogens (tertiary/aromatic N) is 1. The summed E-state index contributed by atoms with van der Waals surface area (Å²) in [5.41, 5.74) is 10.7. The number of anilines is 2. The summed E-state index contributed by atoms with van der Waals surface area (Å²) in [6.45, 7) is 2.85. The smallest absolute Gasteiger partial charge is 0.0410 e. The molecule has 0 fully saturated rings. The van der Waals surface area contributed by atoms with Gasteiger partial charge >= 0.3 is 0 Å². The summed E-state index contributed by atoms with van der Waals surface area (Å²) in [7, 11) is 2.09. The zero-order valence-electron chi connectivity index (χ0n) is 11.1. The van der Waals surface area contributed by atoms with Crippen LogP contribution in [0.1, 0.15) is 11.1 Å². The van der Waals surface area contributed by atoms with E-state index >= 15 is 0 Å². The minimum absolute atomic E-state index is 0.703. The quantitative estimate of drug-likeness (QED) is 0.888. The van der Waals surface area contributed by atoms with Gasteiger partial charge in [-0.15, -0.1) is 0 Å². The average Bonchev–Trinajstić information content (AvgIpc) is 2.41. The van der Waals surface area contributed by atoms with Crippen LogP contribution in [0.15, 0.2) is 48.5 Å². The van der Waals surface area contributed by atoms with E-state index < -0.39 is 0 Å². The largest absolute Gasteiger partial charge is 0.345 e. The lowest BCUT2D eigenvalue weighted by atomic mass is 10.0. The van der Waals surface area contributed by atoms with E-state index in [0.29, 0.717) is 6.54 Å². The first kappa shape index (κ1) is 12.7. The molecule has 2 heteroatoms. The van der Waals surface area contributed by atoms with Crippen molar-refractivity contribution in [2.45, 2.75) is 13.3 Å². The summed E-state index contributed by atoms with van der Waals surface area (Å²) in [5.74, 6) is 0. The summed E-state index contributed by atoms with van der Waals surface area (Å²) >= 11 is 0. The molecule has 0 aromatic heterocycles. The van der Waals surface area contributed by atoms with Gasteiger partial charge in [-0.3, -0.25) is 0 Å². The normalized spacial score (nSPS) is 10.4. The van der Waals surface area contributed by atoms with Gasteiger partial charge in [0, 0.05) is 18.4 Å². The summed E-state index contributed by atoms with van der Waals surface area (Å²) in [6, 6.07) is 16.9. The molecule has 0 spiro atoms. The molecule has 0 atom stereocenters. The molecule has 0 heterocycles. The molecule has 0 aliphatic rings. The molecule has 0 unspecified atom stereocenters. The molecule has 0 saturated carbocycles. The van der Waals surface area contributed by atoms with Crippen molar-refractivity contribution >= 4 is 11.4 Å². The van der Waals surface area contributed by atoms with Gasteiger partial charge in [-0.2, -0.15) is 0 Å². The molecule has 0 bridgehead atoms. The molecule has 2 aromatic rings. The van der Waals surface area contributed by atoms with Gasteiger partial charge in [-0.25, -0.2) is 0 Å². The Kier molecular flexibility index (Phi) is 4.00. The zero-order valence-corrected chi connectivity index (χ0v) is 11.1. The molecule has 2 aromatic carbocycles. The molecule has 0 radical (unpaired) electrons. The van der Waals surface area contributed by atoms with E-state index in [0.717, 1.165) is 6.42 Å². The maximum absolute atomic E-state index is 5.61. The second kappa shape index (κ2) is 5.69. The fraction of sp³-hybridized carbons (Fsp3) is 0.250. The van der Waals surface area contributed by atoms with Crippen LogP contribution in [0.2, 0.25) is 0 Å². The Morgan fingerprint density at radius 3 is 2.33 bits per heavy atom. The topological polar surface area (TPSA) is 29.3 Å². The lowest BCUT2D eigenvalue weighted by Crippen LogP contribution is -2.10. The van der Waals surface area contributed by atoms with Gasteiger partial charge in [0.05, 0.1) is 0 Å². The molecule has 2 N–H and O–H groups in total. The Morgan fingerprint density at radius 1 is 1.00 bits per heavy atom. The third-order valence-electron chi connectivity index (χ3n) is 3.27. The first-order chi connectivity index (χ1) is 8.72. The Labute approximate surface area is 109 Å². The molecule has 2 rings (SSSR count). The van der Waals surface area contributed by atoms with E-state index in [2.05, 4.69) is 61.3 Å². The average molecular weight is 240 g/mol. The zero-order chi connectivity index (χ0) is 13.0. The first-order valence-electron chi connectivity index (χ1n) is 6.30. The van der Waals surface area contributed by atoms with Crippen molar-refractivity contribution in [3.8, 4) is 0 Å². The Hall–Kier alpha value is -1.80. The van der Waals surface area contributed by atoms with E-state index in [1.165, 1.54) is 22.5 Å². The minimum atomic E-state index is 0.703. The number of hydrogen-bond donors (Lipinski definition) is 1. The standard InChI is InChI=1S/C16H20N2/c1-13-12-16(9-8-14(13)10-11-17)18(2)15-6-4-3-5-7-15/h3-9,12H,10-11,17H2,1-2H3. The van der Waals surface area contributed by atoms with Gasteiger partial charge in [0.15, 0.2) is 0 Å². The fourth-order valence-corrected chi connectivity index (χ4v) is 2.13. The van der Waals surface area contributed by atoms with Gasteiger partial charge < -0.3 is 10.6 Å². The molecule has 18 heavy (non-hydrogen) atoms. The number of benzene rings is 2. The SMILES string of the molecule is Cc1cc(N(C)c2ccccc2)ccc1CCN. The molecular formula is C16H20N2. The van der Waals surface area contributed by atoms with E-state index in [9.17, 15) is 0 Å². The molecule has 0 saturated heterocycles. The number of hydrogen-bond acceptors (Lipinski definition) is 2. The van der Waals surface area contributed by atoms with Crippen molar-refractivity contribution in [3.63, 3.8) is 0 Å². The highest BCUT2D eigenvalue weighted by Crippen LogP contribution is 2.25. The van der Waals surface area contributed by atoms with Crippen molar-refractivity contribution < 1.29 is 0 Å². The maximum atomic E-state index is 5.61. The van der Waals surface area contributed by atoms with Crippen LogP contribution in [0.4, 0.5) is 11.4 Å². The van der Waals surface area contributed by atoms with Crippen LogP contribution < -0.4 is 10.6 Å². The third kappa shape index (κ3) is 2.71. The van der Waals surface area contributed by atoms with Gasteiger partial charge in [0.1, 0.15) is 0 Å². The Morgan fingerprint density at radius 2 is 1.72 bits per heavy atom. The molecule has 2 nitrogen and oxygen atoms in total. The van der Waals surface area contributed by atoms with E-state index in [1.807, 2.05) is 6.07 Å². The lowest BCUT2D eigenvalue weighted by molar-refractivity contribution is 0.957. The number of nitrogens with two attached hydrogens (primary N) is 1. The summed E-state index contributed by atoms with van der Waals surface area (Å²) in [4.78, 5) is 2.19. The second-order valence-corrected chi connectivity index (χ2v) is 4.54. The van der Waals surface area contributed by atoms with Crippen molar-refractivity contribution in [1.29, 1.82) is 0 Å². The fourth-order valence-electron chi connectivity index (χ4n) is 2.13. The number of aryl methyl sites for hydroxylation is 1. The van der Waals surface area contributed by atoms with Gasteiger partial charge in [0.2, 0.25) is 0 Å². The van der Waals surface area contributed by atoms with Crippen LogP contribution in [0, 0.1) is 6.92 Å². The van der Waals surface area contributed by atoms with Crippen LogP contribution in [0.5, 0.6) is 0 Å². The van der Waals surface area contributed by atoms with Crippen molar-refractivity contribution in [2.75, 3.05) is 18.5 Å². The van der Waals surface area contributed by atoms with E-state index in [4.69, 9.17) is 5.73 Å². The lowest BCUT2D eigenvalue weighted by Gasteiger charge is -2.20. The van der Waals surface area contributed by atoms with Crippen molar-refractivity contribution in [1.82, 2.24) is 0 Å². The van der Waals surface area contributed by atoms with Crippen LogP contribution in [0.3, 0.4) is 0 Å². The van der Waals surface area contributed by atoms with Crippen LogP contribution in [-0.2, 0) is 6.42 Å². The molecule has 0 aliphatic carbocycles. The van der Waals surface area contributed by atoms with E-state index in [1.54, 1.807) is 0 Å². The Bertz CT molecular complexity index is 506. The first-order valence-corrected chi connectivity index (χ1v) is 6.30. The maximum Gasteiger partial charge on any atom is 0.0410 e.